The van der Waals surface area contributed by atoms with E-state index in [1.54, 1.807) is 20.0 Å². The third-order valence-electron chi connectivity index (χ3n) is 3.25. The number of aliphatic imine (C=N–C) groups is 2. The highest BCUT2D eigenvalue weighted by Gasteiger charge is 2.35. The number of anilines is 1. The van der Waals surface area contributed by atoms with E-state index in [1.165, 1.54) is 23.0 Å². The van der Waals surface area contributed by atoms with Crippen molar-refractivity contribution < 1.29 is 14.3 Å². The smallest absolute Gasteiger partial charge is 0.265 e. The first-order valence-corrected chi connectivity index (χ1v) is 6.84. The van der Waals surface area contributed by atoms with Gasteiger partial charge in [0, 0.05) is 26.4 Å². The number of hydrazone groups is 1. The molecule has 0 aliphatic carbocycles. The van der Waals surface area contributed by atoms with Gasteiger partial charge in [-0.25, -0.2) is 0 Å². The molecular weight excluding hydrogens is 302 g/mol. The second kappa shape index (κ2) is 5.72. The van der Waals surface area contributed by atoms with Crippen LogP contribution in [0.25, 0.3) is 0 Å². The number of aryl methyl sites for hydroxylation is 1. The molecule has 1 aromatic rings. The Hall–Kier alpha value is -2.88. The highest BCUT2D eigenvalue weighted by atomic mass is 16.5. The Balaban J connectivity index is 1.95. The van der Waals surface area contributed by atoms with Crippen molar-refractivity contribution in [2.45, 2.75) is 6.92 Å². The van der Waals surface area contributed by atoms with E-state index in [4.69, 9.17) is 4.74 Å². The first-order chi connectivity index (χ1) is 11.0. The van der Waals surface area contributed by atoms with Gasteiger partial charge in [0.1, 0.15) is 24.2 Å². The molecule has 1 N–H and O–H groups in total. The molecule has 0 fully saturated rings. The molecule has 120 valence electrons. The number of aromatic nitrogens is 2. The maximum atomic E-state index is 12.1. The number of amidine groups is 1. The molecule has 1 unspecified atom stereocenters. The number of nitrogens with zero attached hydrogens (tertiary/aromatic N) is 6. The van der Waals surface area contributed by atoms with Gasteiger partial charge in [0.2, 0.25) is 0 Å². The van der Waals surface area contributed by atoms with Crippen molar-refractivity contribution in [2.24, 2.45) is 21.0 Å². The van der Waals surface area contributed by atoms with Crippen LogP contribution in [0.1, 0.15) is 5.69 Å². The second-order valence-electron chi connectivity index (χ2n) is 5.05. The summed E-state index contributed by atoms with van der Waals surface area (Å²) in [4.78, 5) is 32.1. The van der Waals surface area contributed by atoms with E-state index in [0.29, 0.717) is 17.3 Å². The van der Waals surface area contributed by atoms with Crippen LogP contribution in [0.3, 0.4) is 0 Å². The number of carbonyl (C=O) groups is 2. The van der Waals surface area contributed by atoms with Crippen LogP contribution in [0.2, 0.25) is 0 Å². The lowest BCUT2D eigenvalue weighted by Gasteiger charge is -2.17. The zero-order valence-corrected chi connectivity index (χ0v) is 12.8. The molecule has 1 aromatic heterocycles. The monoisotopic (exact) mass is 317 g/mol. The molecule has 2 aliphatic heterocycles. The minimum atomic E-state index is -0.563. The number of ether oxygens (including phenoxy) is 1. The number of fused-ring (bicyclic) bond motifs is 1. The van der Waals surface area contributed by atoms with Gasteiger partial charge in [-0.1, -0.05) is 0 Å². The molecule has 23 heavy (non-hydrogen) atoms. The van der Waals surface area contributed by atoms with E-state index in [1.807, 2.05) is 0 Å². The number of amides is 2. The molecule has 0 radical (unpaired) electrons. The van der Waals surface area contributed by atoms with Crippen LogP contribution in [0.15, 0.2) is 21.2 Å². The standard InChI is InChI=1S/C13H15N7O3/c1-7-4-9(15-10(21)6-23-3)20(18-7)13-16-11-8(12(22)17-13)5-14-19(11)2/h4-5,8H,6H2,1-3H3,(H,15,21). The Morgan fingerprint density at radius 3 is 2.96 bits per heavy atom. The average molecular weight is 317 g/mol. The van der Waals surface area contributed by atoms with Crippen LogP contribution in [0.4, 0.5) is 5.82 Å². The number of hydrogen-bond acceptors (Lipinski definition) is 7. The zero-order valence-electron chi connectivity index (χ0n) is 12.8. The second-order valence-corrected chi connectivity index (χ2v) is 5.05. The van der Waals surface area contributed by atoms with E-state index in [0.717, 1.165) is 0 Å². The lowest BCUT2D eigenvalue weighted by molar-refractivity contribution is -0.120. The highest BCUT2D eigenvalue weighted by Crippen LogP contribution is 2.19. The molecule has 2 amide bonds. The van der Waals surface area contributed by atoms with Gasteiger partial charge < -0.3 is 10.1 Å². The summed E-state index contributed by atoms with van der Waals surface area (Å²) in [5.74, 6) is -0.363. The Kier molecular flexibility index (Phi) is 3.74. The number of rotatable bonds is 3. The minimum absolute atomic E-state index is 0.0828. The molecular formula is C13H15N7O3. The van der Waals surface area contributed by atoms with Gasteiger partial charge >= 0.3 is 0 Å². The van der Waals surface area contributed by atoms with Crippen molar-refractivity contribution in [3.8, 4) is 0 Å². The topological polar surface area (TPSA) is 114 Å². The molecule has 1 atom stereocenters. The normalized spacial score (nSPS) is 19.5. The summed E-state index contributed by atoms with van der Waals surface area (Å²) >= 11 is 0. The van der Waals surface area contributed by atoms with Gasteiger partial charge in [-0.2, -0.15) is 24.9 Å². The number of nitrogens with one attached hydrogen (secondary N) is 1. The Morgan fingerprint density at radius 2 is 2.22 bits per heavy atom. The van der Waals surface area contributed by atoms with E-state index < -0.39 is 5.92 Å². The quantitative estimate of drug-likeness (QED) is 0.805. The molecule has 0 saturated heterocycles. The van der Waals surface area contributed by atoms with Crippen LogP contribution in [-0.4, -0.2) is 65.4 Å². The fourth-order valence-corrected chi connectivity index (χ4v) is 2.25. The average Bonchev–Trinajstić information content (AvgIpc) is 3.03. The van der Waals surface area contributed by atoms with E-state index in [-0.39, 0.29) is 24.4 Å². The van der Waals surface area contributed by atoms with Crippen molar-refractivity contribution in [1.82, 2.24) is 14.8 Å². The summed E-state index contributed by atoms with van der Waals surface area (Å²) in [5.41, 5.74) is 0.645. The summed E-state index contributed by atoms with van der Waals surface area (Å²) in [6.45, 7) is 1.66. The fraction of sp³-hybridized carbons (Fsp3) is 0.385. The van der Waals surface area contributed by atoms with Crippen LogP contribution >= 0.6 is 0 Å². The lowest BCUT2D eigenvalue weighted by atomic mass is 10.1. The molecule has 0 saturated carbocycles. The van der Waals surface area contributed by atoms with E-state index in [9.17, 15) is 9.59 Å². The Bertz CT molecular complexity index is 762. The van der Waals surface area contributed by atoms with Gasteiger partial charge in [-0.15, -0.1) is 0 Å². The zero-order chi connectivity index (χ0) is 16.6. The third kappa shape index (κ3) is 2.75. The first-order valence-electron chi connectivity index (χ1n) is 6.84. The Labute approximate surface area is 131 Å². The molecule has 0 spiro atoms. The molecule has 3 heterocycles. The fourth-order valence-electron chi connectivity index (χ4n) is 2.25. The van der Waals surface area contributed by atoms with Gasteiger partial charge in [0.25, 0.3) is 17.8 Å². The Morgan fingerprint density at radius 1 is 1.43 bits per heavy atom. The van der Waals surface area contributed by atoms with E-state index >= 15 is 0 Å². The first kappa shape index (κ1) is 15.0. The number of carbonyl (C=O) groups excluding carboxylic acids is 2. The summed E-state index contributed by atoms with van der Waals surface area (Å²) in [6, 6.07) is 1.65. The summed E-state index contributed by atoms with van der Waals surface area (Å²) in [7, 11) is 3.12. The van der Waals surface area contributed by atoms with Crippen LogP contribution in [0, 0.1) is 12.8 Å². The summed E-state index contributed by atoms with van der Waals surface area (Å²) in [6.07, 6.45) is 1.50. The van der Waals surface area contributed by atoms with Crippen molar-refractivity contribution in [3.63, 3.8) is 0 Å². The van der Waals surface area contributed by atoms with Crippen molar-refractivity contribution in [1.29, 1.82) is 0 Å². The van der Waals surface area contributed by atoms with Crippen LogP contribution in [-0.2, 0) is 14.3 Å². The summed E-state index contributed by atoms with van der Waals surface area (Å²) in [5, 5.41) is 12.4. The molecule has 0 bridgehead atoms. The molecule has 10 nitrogen and oxygen atoms in total. The lowest BCUT2D eigenvalue weighted by Crippen LogP contribution is -2.35. The molecule has 0 aromatic carbocycles. The van der Waals surface area contributed by atoms with Gasteiger partial charge in [0.05, 0.1) is 5.69 Å². The minimum Gasteiger partial charge on any atom is -0.375 e. The van der Waals surface area contributed by atoms with Crippen LogP contribution in [0.5, 0.6) is 0 Å². The van der Waals surface area contributed by atoms with Crippen LogP contribution < -0.4 is 5.32 Å². The third-order valence-corrected chi connectivity index (χ3v) is 3.25. The van der Waals surface area contributed by atoms with Gasteiger partial charge in [0.15, 0.2) is 0 Å². The van der Waals surface area contributed by atoms with Gasteiger partial charge in [-0.05, 0) is 6.92 Å². The molecule has 3 rings (SSSR count). The van der Waals surface area contributed by atoms with E-state index in [2.05, 4.69) is 25.5 Å². The number of hydrogen-bond donors (Lipinski definition) is 1. The number of methoxy groups -OCH3 is 1. The highest BCUT2D eigenvalue weighted by molar-refractivity contribution is 6.24. The predicted octanol–water partition coefficient (Wildman–Crippen LogP) is -0.533. The van der Waals surface area contributed by atoms with Crippen molar-refractivity contribution in [2.75, 3.05) is 26.1 Å². The van der Waals surface area contributed by atoms with Crippen molar-refractivity contribution in [3.05, 3.63) is 11.8 Å². The summed E-state index contributed by atoms with van der Waals surface area (Å²) < 4.78 is 6.09. The van der Waals surface area contributed by atoms with Crippen molar-refractivity contribution >= 4 is 35.6 Å². The molecule has 2 aliphatic rings. The molecule has 10 heteroatoms. The largest absolute Gasteiger partial charge is 0.375 e. The maximum Gasteiger partial charge on any atom is 0.265 e. The van der Waals surface area contributed by atoms with Gasteiger partial charge in [-0.3, -0.25) is 14.6 Å². The predicted molar refractivity (Wildman–Crippen MR) is 82.5 cm³/mol. The maximum absolute atomic E-state index is 12.1. The SMILES string of the molecule is COCC(=O)Nc1cc(C)nn1C1=NC(=O)C2C=NN(C)C2=N1.